The molecule has 1 N–H and O–H groups in total. The molecule has 0 spiro atoms. The van der Waals surface area contributed by atoms with E-state index in [-0.39, 0.29) is 17.9 Å². The van der Waals surface area contributed by atoms with Gasteiger partial charge >= 0.3 is 0 Å². The second-order valence-electron chi connectivity index (χ2n) is 5.94. The second kappa shape index (κ2) is 7.75. The van der Waals surface area contributed by atoms with E-state index < -0.39 is 0 Å². The van der Waals surface area contributed by atoms with Crippen LogP contribution in [0.3, 0.4) is 0 Å². The monoisotopic (exact) mass is 297 g/mol. The molecule has 2 saturated heterocycles. The fourth-order valence-corrected chi connectivity index (χ4v) is 3.60. The third-order valence-electron chi connectivity index (χ3n) is 4.54. The molecule has 0 aromatic rings. The molecule has 0 bridgehead atoms. The minimum absolute atomic E-state index is 0.0475. The van der Waals surface area contributed by atoms with E-state index in [0.29, 0.717) is 25.7 Å². The van der Waals surface area contributed by atoms with Crippen LogP contribution in [-0.2, 0) is 14.3 Å². The summed E-state index contributed by atoms with van der Waals surface area (Å²) in [5.74, 6) is 0.209. The number of methoxy groups -OCH3 is 1. The predicted molar refractivity (Wildman–Crippen MR) is 79.9 cm³/mol. The van der Waals surface area contributed by atoms with Crippen LogP contribution in [0.25, 0.3) is 0 Å². The molecular weight excluding hydrogens is 270 g/mol. The SMILES string of the molecule is COCCNC(=O)CN1CCC[C@@H]1[C@H]1CCCN1C(C)=O. The van der Waals surface area contributed by atoms with Crippen molar-refractivity contribution in [2.45, 2.75) is 44.7 Å². The van der Waals surface area contributed by atoms with Gasteiger partial charge in [0.05, 0.1) is 13.2 Å². The summed E-state index contributed by atoms with van der Waals surface area (Å²) < 4.78 is 4.93. The number of amides is 2. The van der Waals surface area contributed by atoms with Crippen molar-refractivity contribution in [1.82, 2.24) is 15.1 Å². The van der Waals surface area contributed by atoms with Crippen molar-refractivity contribution >= 4 is 11.8 Å². The van der Waals surface area contributed by atoms with Crippen molar-refractivity contribution in [2.24, 2.45) is 0 Å². The van der Waals surface area contributed by atoms with E-state index in [4.69, 9.17) is 4.74 Å². The number of hydrogen-bond donors (Lipinski definition) is 1. The van der Waals surface area contributed by atoms with Gasteiger partial charge in [-0.3, -0.25) is 14.5 Å². The molecule has 6 heteroatoms. The summed E-state index contributed by atoms with van der Waals surface area (Å²) in [6.07, 6.45) is 4.33. The van der Waals surface area contributed by atoms with Gasteiger partial charge in [0.15, 0.2) is 0 Å². The van der Waals surface area contributed by atoms with Gasteiger partial charge in [0, 0.05) is 39.2 Å². The van der Waals surface area contributed by atoms with Crippen molar-refractivity contribution in [1.29, 1.82) is 0 Å². The Kier molecular flexibility index (Phi) is 5.99. The highest BCUT2D eigenvalue weighted by Gasteiger charge is 2.39. The lowest BCUT2D eigenvalue weighted by atomic mass is 10.0. The number of carbonyl (C=O) groups is 2. The lowest BCUT2D eigenvalue weighted by molar-refractivity contribution is -0.130. The summed E-state index contributed by atoms with van der Waals surface area (Å²) >= 11 is 0. The Morgan fingerprint density at radius 1 is 1.19 bits per heavy atom. The van der Waals surface area contributed by atoms with Gasteiger partial charge in [0.2, 0.25) is 11.8 Å². The first-order valence-electron chi connectivity index (χ1n) is 7.90. The molecule has 6 nitrogen and oxygen atoms in total. The molecule has 0 aromatic heterocycles. The van der Waals surface area contributed by atoms with Crippen LogP contribution in [0.5, 0.6) is 0 Å². The lowest BCUT2D eigenvalue weighted by Crippen LogP contribution is -2.50. The molecule has 2 atom stereocenters. The van der Waals surface area contributed by atoms with Gasteiger partial charge in [0.1, 0.15) is 0 Å². The molecule has 0 aromatic carbocycles. The highest BCUT2D eigenvalue weighted by molar-refractivity contribution is 5.78. The van der Waals surface area contributed by atoms with E-state index in [1.807, 2.05) is 4.90 Å². The molecule has 21 heavy (non-hydrogen) atoms. The zero-order valence-electron chi connectivity index (χ0n) is 13.1. The third kappa shape index (κ3) is 4.17. The highest BCUT2D eigenvalue weighted by atomic mass is 16.5. The van der Waals surface area contributed by atoms with Gasteiger partial charge in [0.25, 0.3) is 0 Å². The average Bonchev–Trinajstić information content (AvgIpc) is 3.06. The van der Waals surface area contributed by atoms with Crippen LogP contribution in [0.4, 0.5) is 0 Å². The van der Waals surface area contributed by atoms with E-state index in [2.05, 4.69) is 10.2 Å². The van der Waals surface area contributed by atoms with Gasteiger partial charge in [-0.15, -0.1) is 0 Å². The Balaban J connectivity index is 1.88. The van der Waals surface area contributed by atoms with Crippen LogP contribution < -0.4 is 5.32 Å². The number of rotatable bonds is 6. The molecule has 2 aliphatic rings. The maximum absolute atomic E-state index is 12.0. The summed E-state index contributed by atoms with van der Waals surface area (Å²) in [7, 11) is 1.62. The first kappa shape index (κ1) is 16.2. The molecule has 2 aliphatic heterocycles. The quantitative estimate of drug-likeness (QED) is 0.713. The van der Waals surface area contributed by atoms with Crippen LogP contribution in [0, 0.1) is 0 Å². The largest absolute Gasteiger partial charge is 0.383 e. The number of ether oxygens (including phenoxy) is 1. The van der Waals surface area contributed by atoms with E-state index in [0.717, 1.165) is 38.8 Å². The topological polar surface area (TPSA) is 61.9 Å². The number of hydrogen-bond acceptors (Lipinski definition) is 4. The molecule has 2 rings (SSSR count). The Morgan fingerprint density at radius 2 is 1.90 bits per heavy atom. The summed E-state index contributed by atoms with van der Waals surface area (Å²) in [5.41, 5.74) is 0. The lowest BCUT2D eigenvalue weighted by Gasteiger charge is -2.34. The predicted octanol–water partition coefficient (Wildman–Crippen LogP) is 0.224. The van der Waals surface area contributed by atoms with Gasteiger partial charge in [-0.05, 0) is 32.2 Å². The van der Waals surface area contributed by atoms with Crippen molar-refractivity contribution in [3.8, 4) is 0 Å². The van der Waals surface area contributed by atoms with Crippen LogP contribution in [0.1, 0.15) is 32.6 Å². The van der Waals surface area contributed by atoms with Crippen molar-refractivity contribution in [2.75, 3.05) is 39.9 Å². The maximum atomic E-state index is 12.0. The Morgan fingerprint density at radius 3 is 2.62 bits per heavy atom. The van der Waals surface area contributed by atoms with Gasteiger partial charge in [-0.1, -0.05) is 0 Å². The average molecular weight is 297 g/mol. The van der Waals surface area contributed by atoms with Crippen LogP contribution in [0.2, 0.25) is 0 Å². The summed E-state index contributed by atoms with van der Waals surface area (Å²) in [6, 6.07) is 0.626. The maximum Gasteiger partial charge on any atom is 0.234 e. The fraction of sp³-hybridized carbons (Fsp3) is 0.867. The second-order valence-corrected chi connectivity index (χ2v) is 5.94. The Labute approximate surface area is 126 Å². The van der Waals surface area contributed by atoms with Gasteiger partial charge < -0.3 is 15.0 Å². The molecule has 0 saturated carbocycles. The van der Waals surface area contributed by atoms with Crippen LogP contribution in [-0.4, -0.2) is 73.6 Å². The summed E-state index contributed by atoms with van der Waals surface area (Å²) in [5, 5.41) is 2.87. The van der Waals surface area contributed by atoms with Crippen molar-refractivity contribution < 1.29 is 14.3 Å². The molecule has 120 valence electrons. The first-order valence-corrected chi connectivity index (χ1v) is 7.90. The van der Waals surface area contributed by atoms with Gasteiger partial charge in [-0.25, -0.2) is 0 Å². The summed E-state index contributed by atoms with van der Waals surface area (Å²) in [6.45, 7) is 4.98. The van der Waals surface area contributed by atoms with E-state index in [1.54, 1.807) is 14.0 Å². The minimum atomic E-state index is 0.0475. The molecule has 2 heterocycles. The number of carbonyl (C=O) groups excluding carboxylic acids is 2. The smallest absolute Gasteiger partial charge is 0.234 e. The summed E-state index contributed by atoms with van der Waals surface area (Å²) in [4.78, 5) is 27.9. The normalized spacial score (nSPS) is 26.3. The molecule has 2 amide bonds. The van der Waals surface area contributed by atoms with E-state index in [9.17, 15) is 9.59 Å². The molecular formula is C15H27N3O3. The Bertz CT molecular complexity index is 375. The zero-order valence-corrected chi connectivity index (χ0v) is 13.1. The molecule has 0 unspecified atom stereocenters. The fourth-order valence-electron chi connectivity index (χ4n) is 3.60. The van der Waals surface area contributed by atoms with Crippen molar-refractivity contribution in [3.05, 3.63) is 0 Å². The van der Waals surface area contributed by atoms with Crippen LogP contribution >= 0.6 is 0 Å². The standard InChI is InChI=1S/C15H27N3O3/c1-12(19)18-9-4-6-14(18)13-5-3-8-17(13)11-15(20)16-7-10-21-2/h13-14H,3-11H2,1-2H3,(H,16,20)/t13-,14-/m1/s1. The number of nitrogens with zero attached hydrogens (tertiary/aromatic N) is 2. The highest BCUT2D eigenvalue weighted by Crippen LogP contribution is 2.29. The third-order valence-corrected chi connectivity index (χ3v) is 4.54. The first-order chi connectivity index (χ1) is 10.1. The van der Waals surface area contributed by atoms with Crippen molar-refractivity contribution in [3.63, 3.8) is 0 Å². The minimum Gasteiger partial charge on any atom is -0.383 e. The van der Waals surface area contributed by atoms with Crippen LogP contribution in [0.15, 0.2) is 0 Å². The van der Waals surface area contributed by atoms with E-state index in [1.165, 1.54) is 0 Å². The number of nitrogens with one attached hydrogen (secondary N) is 1. The molecule has 0 radical (unpaired) electrons. The number of likely N-dealkylation sites (tertiary alicyclic amines) is 2. The zero-order chi connectivity index (χ0) is 15.2. The Hall–Kier alpha value is -1.14. The van der Waals surface area contributed by atoms with E-state index >= 15 is 0 Å². The van der Waals surface area contributed by atoms with Gasteiger partial charge in [-0.2, -0.15) is 0 Å². The molecule has 2 fully saturated rings. The molecule has 0 aliphatic carbocycles.